The number of fused-ring (bicyclic) bond motifs is 12. The standard InChI is InChI=1S/2C63H47O2Si.2ClH.Zr/c2*1-40-36-58-52(54-34-30-44-18-8-10-22-50(44)60(54)64-48-32-28-42-16-4-6-20-46(42)38-48)24-12-14-26-56(58)62(40)66(3)63-41(2)37-59-53(25-13-15-27-57(59)63)55-35-31-45-19-9-11-23-51(45)61(55)65-49-33-29-43-17-5-7-21-47(43)39-49;;;/h2*4-39,52-53H,1-3H3;2*1H;/q2*-2;;;+2/p-2. The molecule has 0 spiro atoms. The summed E-state index contributed by atoms with van der Waals surface area (Å²) in [5, 5.41) is 24.5. The van der Waals surface area contributed by atoms with E-state index in [2.05, 4.69) is 478 Å². The zero-order chi connectivity index (χ0) is 91.3. The number of ether oxygens (including phenoxy) is 4. The molecule has 0 saturated heterocycles. The van der Waals surface area contributed by atoms with Gasteiger partial charge in [0.05, 0.1) is 0 Å². The normalized spacial score (nSPS) is 15.2. The maximum absolute atomic E-state index is 7.03. The Kier molecular flexibility index (Phi) is 24.0. The minimum atomic E-state index is -1.29. The molecule has 4 atom stereocenters. The topological polar surface area (TPSA) is 36.9 Å². The van der Waals surface area contributed by atoms with Crippen LogP contribution in [-0.2, 0) is 20.8 Å². The Labute approximate surface area is 810 Å². The van der Waals surface area contributed by atoms with E-state index in [4.69, 9.17) is 36.0 Å². The van der Waals surface area contributed by atoms with Gasteiger partial charge < -0.3 is 18.9 Å². The quantitative estimate of drug-likeness (QED) is 0.0714. The molecule has 652 valence electrons. The van der Waals surface area contributed by atoms with Crippen LogP contribution in [0.5, 0.6) is 46.0 Å². The SMILES string of the molecule is Cc1cc2c([c-]1[Si](C)[c-]1c(C)cc3c1C=CC=CC3c1ccc3ccccc3c1Oc1ccc3ccccc3c1)C=CC=CC2c1ccc2ccccc2c1Oc1ccc2ccccc2c1.Cc1cc2c([c-]1[Si](C)[c-]1c(C)cc3c1C=CC=CC3c1ccc3ccccc3c1Oc1ccc3ccccc3c1)C=CC=CC2c1ccc2ccccc2c1Oc1ccc2ccccc2c1.[Cl][Zr][Cl]. The first-order valence-corrected chi connectivity index (χ1v) is 56.7. The Hall–Kier alpha value is -14.0. The minimum absolute atomic E-state index is 0.00223. The number of rotatable bonds is 16. The Morgan fingerprint density at radius 3 is 0.637 bits per heavy atom. The molecule has 2 radical (unpaired) electrons. The van der Waals surface area contributed by atoms with E-state index in [0.29, 0.717) is 0 Å². The van der Waals surface area contributed by atoms with Crippen LogP contribution in [0.4, 0.5) is 0 Å². The summed E-state index contributed by atoms with van der Waals surface area (Å²) in [5.41, 5.74) is 20.7. The van der Waals surface area contributed by atoms with Crippen LogP contribution in [0.2, 0.25) is 13.1 Å². The van der Waals surface area contributed by atoms with E-state index in [9.17, 15) is 0 Å². The van der Waals surface area contributed by atoms with Crippen LogP contribution in [0, 0.1) is 27.7 Å². The van der Waals surface area contributed by atoms with Crippen molar-refractivity contribution in [2.45, 2.75) is 64.5 Å². The molecule has 135 heavy (non-hydrogen) atoms. The van der Waals surface area contributed by atoms with Crippen molar-refractivity contribution in [2.75, 3.05) is 0 Å². The van der Waals surface area contributed by atoms with Crippen molar-refractivity contribution < 1.29 is 39.8 Å². The van der Waals surface area contributed by atoms with Gasteiger partial charge in [-0.15, -0.1) is 91.6 Å². The predicted octanol–water partition coefficient (Wildman–Crippen LogP) is 32.6. The van der Waals surface area contributed by atoms with E-state index in [0.717, 1.165) is 133 Å². The molecule has 9 heteroatoms. The maximum atomic E-state index is 7.03. The monoisotopic (exact) mass is 1890 g/mol. The Morgan fingerprint density at radius 2 is 0.415 bits per heavy atom. The van der Waals surface area contributed by atoms with Crippen LogP contribution in [-0.4, -0.2) is 17.6 Å². The molecule has 4 nitrogen and oxygen atoms in total. The van der Waals surface area contributed by atoms with Crippen LogP contribution in [0.25, 0.3) is 110 Å². The van der Waals surface area contributed by atoms with Gasteiger partial charge in [-0.05, 0) is 159 Å². The van der Waals surface area contributed by atoms with Crippen LogP contribution < -0.4 is 39.7 Å². The number of aryl methyl sites for hydroxylation is 4. The van der Waals surface area contributed by atoms with Crippen LogP contribution in [0.15, 0.2) is 413 Å². The molecular formula is C126H94Cl2O4Si2Zr-4. The second kappa shape index (κ2) is 37.5. The third kappa shape index (κ3) is 16.5. The van der Waals surface area contributed by atoms with Gasteiger partial charge in [0.2, 0.25) is 0 Å². The fourth-order valence-electron chi connectivity index (χ4n) is 21.6. The van der Waals surface area contributed by atoms with Gasteiger partial charge in [0, 0.05) is 39.1 Å². The molecule has 0 heterocycles. The number of benzene rings is 16. The van der Waals surface area contributed by atoms with Gasteiger partial charge in [-0.1, -0.05) is 356 Å². The van der Waals surface area contributed by atoms with Crippen LogP contribution in [0.3, 0.4) is 0 Å². The average Bonchev–Trinajstić information content (AvgIpc) is 1.60. The van der Waals surface area contributed by atoms with Crippen LogP contribution in [0.1, 0.15) is 113 Å². The summed E-state index contributed by atoms with van der Waals surface area (Å²) in [5.74, 6) is 6.98. The van der Waals surface area contributed by atoms with E-state index in [1.807, 2.05) is 0 Å². The third-order valence-corrected chi connectivity index (χ3v) is 33.3. The number of allylic oxidation sites excluding steroid dienone is 12. The van der Waals surface area contributed by atoms with E-state index in [-0.39, 0.29) is 23.7 Å². The van der Waals surface area contributed by atoms with E-state index in [1.54, 1.807) is 0 Å². The summed E-state index contributed by atoms with van der Waals surface area (Å²) in [7, 11) is 7.30. The van der Waals surface area contributed by atoms with Crippen molar-refractivity contribution in [3.63, 3.8) is 0 Å². The third-order valence-electron chi connectivity index (χ3n) is 27.7. The average molecular weight is 1890 g/mol. The van der Waals surface area contributed by atoms with Gasteiger partial charge in [0.1, 0.15) is 46.0 Å². The first-order chi connectivity index (χ1) is 66.3. The van der Waals surface area contributed by atoms with Crippen molar-refractivity contribution in [1.29, 1.82) is 0 Å². The molecule has 0 fully saturated rings. The number of halogens is 2. The summed E-state index contributed by atoms with van der Waals surface area (Å²) < 4.78 is 28.1. The first kappa shape index (κ1) is 86.4. The molecule has 20 aromatic carbocycles. The molecule has 24 rings (SSSR count). The van der Waals surface area contributed by atoms with Gasteiger partial charge in [0.15, 0.2) is 0 Å². The number of hydrogen-bond donors (Lipinski definition) is 0. The van der Waals surface area contributed by atoms with E-state index < -0.39 is 38.4 Å². The summed E-state index contributed by atoms with van der Waals surface area (Å²) in [6.07, 6.45) is 36.7. The summed E-state index contributed by atoms with van der Waals surface area (Å²) in [6.45, 7) is 14.3. The predicted molar refractivity (Wildman–Crippen MR) is 573 cm³/mol. The van der Waals surface area contributed by atoms with Crippen molar-refractivity contribution in [2.24, 2.45) is 0 Å². The van der Waals surface area contributed by atoms with E-state index >= 15 is 0 Å². The summed E-state index contributed by atoms with van der Waals surface area (Å²) in [6, 6.07) is 122. The Bertz CT molecular complexity index is 7370. The fourth-order valence-corrected chi connectivity index (χ4v) is 27.3. The van der Waals surface area contributed by atoms with Gasteiger partial charge in [-0.2, -0.15) is 68.8 Å². The van der Waals surface area contributed by atoms with E-state index in [1.165, 1.54) is 109 Å². The molecule has 4 aliphatic rings. The second-order valence-corrected chi connectivity index (χ2v) is 44.0. The van der Waals surface area contributed by atoms with Gasteiger partial charge in [-0.25, -0.2) is 0 Å². The molecular weight excluding hydrogens is 1800 g/mol. The molecule has 0 bridgehead atoms. The molecule has 4 unspecified atom stereocenters. The molecule has 4 aliphatic carbocycles. The first-order valence-electron chi connectivity index (χ1n) is 46.3. The van der Waals surface area contributed by atoms with Crippen molar-refractivity contribution >= 4 is 166 Å². The van der Waals surface area contributed by atoms with Gasteiger partial charge >= 0.3 is 37.9 Å². The molecule has 0 saturated carbocycles. The summed E-state index contributed by atoms with van der Waals surface area (Å²) in [4.78, 5) is 0. The molecule has 0 aliphatic heterocycles. The Morgan fingerprint density at radius 1 is 0.222 bits per heavy atom. The molecule has 0 aromatic heterocycles. The van der Waals surface area contributed by atoms with Gasteiger partial charge in [0.25, 0.3) is 0 Å². The van der Waals surface area contributed by atoms with Crippen molar-refractivity contribution in [3.8, 4) is 46.0 Å². The summed E-state index contributed by atoms with van der Waals surface area (Å²) >= 11 is -0.826. The number of hydrogen-bond acceptors (Lipinski definition) is 4. The zero-order valence-electron chi connectivity index (χ0n) is 75.8. The van der Waals surface area contributed by atoms with Crippen LogP contribution >= 0.6 is 17.0 Å². The van der Waals surface area contributed by atoms with Crippen molar-refractivity contribution in [3.05, 3.63) is 502 Å². The fraction of sp³-hybridized carbons (Fsp3) is 0.0794. The molecule has 0 amide bonds. The molecule has 0 N–H and O–H groups in total. The second-order valence-electron chi connectivity index (χ2n) is 35.8. The Balaban J connectivity index is 0.000000152. The van der Waals surface area contributed by atoms with Crippen molar-refractivity contribution in [1.82, 2.24) is 0 Å². The zero-order valence-corrected chi connectivity index (χ0v) is 81.7. The molecule has 20 aromatic rings. The van der Waals surface area contributed by atoms with Gasteiger partial charge in [-0.3, -0.25) is 0 Å².